The normalized spacial score (nSPS) is 13.8. The highest BCUT2D eigenvalue weighted by atomic mass is 32.2. The molecule has 3 N–H and O–H groups in total. The molecule has 0 saturated carbocycles. The van der Waals surface area contributed by atoms with Crippen LogP contribution in [0.4, 0.5) is 0 Å². The van der Waals surface area contributed by atoms with Gasteiger partial charge in [-0.3, -0.25) is 0 Å². The van der Waals surface area contributed by atoms with E-state index in [-0.39, 0.29) is 10.3 Å². The minimum Gasteiger partial charge on any atom is -0.385 e. The first-order valence-corrected chi connectivity index (χ1v) is 9.94. The van der Waals surface area contributed by atoms with Gasteiger partial charge in [0.15, 0.2) is 0 Å². The van der Waals surface area contributed by atoms with Crippen molar-refractivity contribution in [2.45, 2.75) is 23.2 Å². The summed E-state index contributed by atoms with van der Waals surface area (Å²) in [6, 6.07) is 1.85. The van der Waals surface area contributed by atoms with Crippen molar-refractivity contribution < 1.29 is 17.9 Å². The molecule has 0 aliphatic heterocycles. The highest BCUT2D eigenvalue weighted by molar-refractivity contribution is 7.91. The van der Waals surface area contributed by atoms with Crippen molar-refractivity contribution in [2.75, 3.05) is 27.4 Å². The molecule has 0 amide bonds. The molecule has 2 aromatic rings. The van der Waals surface area contributed by atoms with Crippen LogP contribution in [0.3, 0.4) is 0 Å². The first kappa shape index (κ1) is 17.8. The van der Waals surface area contributed by atoms with Gasteiger partial charge < -0.3 is 14.8 Å². The highest BCUT2D eigenvalue weighted by Gasteiger charge is 2.16. The van der Waals surface area contributed by atoms with Crippen LogP contribution < -0.4 is 10.5 Å². The van der Waals surface area contributed by atoms with Gasteiger partial charge in [-0.05, 0) is 23.4 Å². The molecule has 0 radical (unpaired) electrons. The van der Waals surface area contributed by atoms with Crippen molar-refractivity contribution in [1.29, 1.82) is 0 Å². The van der Waals surface area contributed by atoms with E-state index in [4.69, 9.17) is 14.6 Å². The Balaban J connectivity index is 2.09. The number of ether oxygens (including phenoxy) is 2. The lowest BCUT2D eigenvalue weighted by Crippen LogP contribution is -2.33. The smallest absolute Gasteiger partial charge is 0.247 e. The maximum atomic E-state index is 11.4. The number of thiophene rings is 2. The lowest BCUT2D eigenvalue weighted by molar-refractivity contribution is 0.132. The van der Waals surface area contributed by atoms with E-state index in [0.717, 1.165) is 21.4 Å². The fourth-order valence-corrected chi connectivity index (χ4v) is 5.29. The monoisotopic (exact) mass is 364 g/mol. The van der Waals surface area contributed by atoms with E-state index < -0.39 is 10.0 Å². The van der Waals surface area contributed by atoms with Gasteiger partial charge in [-0.25, -0.2) is 13.6 Å². The summed E-state index contributed by atoms with van der Waals surface area (Å²) in [5, 5.41) is 11.6. The molecule has 22 heavy (non-hydrogen) atoms. The molecule has 0 fully saturated rings. The molecule has 0 saturated heterocycles. The third-order valence-electron chi connectivity index (χ3n) is 3.23. The van der Waals surface area contributed by atoms with Crippen molar-refractivity contribution in [3.05, 3.63) is 17.0 Å². The van der Waals surface area contributed by atoms with Crippen molar-refractivity contribution >= 4 is 42.1 Å². The summed E-state index contributed by atoms with van der Waals surface area (Å²) in [5.74, 6) is 0. The van der Waals surface area contributed by atoms with Crippen molar-refractivity contribution in [2.24, 2.45) is 5.14 Å². The lowest BCUT2D eigenvalue weighted by atomic mass is 10.2. The molecular weight excluding hydrogens is 344 g/mol. The molecule has 6 nitrogen and oxygen atoms in total. The zero-order valence-corrected chi connectivity index (χ0v) is 14.9. The summed E-state index contributed by atoms with van der Waals surface area (Å²) in [6.45, 7) is 1.91. The van der Waals surface area contributed by atoms with Gasteiger partial charge in [-0.15, -0.1) is 22.7 Å². The molecule has 0 spiro atoms. The molecule has 2 rings (SSSR count). The second-order valence-electron chi connectivity index (χ2n) is 4.89. The Morgan fingerprint density at radius 1 is 1.36 bits per heavy atom. The van der Waals surface area contributed by atoms with Crippen LogP contribution >= 0.6 is 22.7 Å². The van der Waals surface area contributed by atoms with E-state index in [1.54, 1.807) is 20.3 Å². The van der Waals surface area contributed by atoms with E-state index in [9.17, 15) is 8.42 Å². The van der Waals surface area contributed by atoms with Crippen LogP contribution in [-0.4, -0.2) is 41.9 Å². The Morgan fingerprint density at radius 3 is 2.77 bits per heavy atom. The molecule has 9 heteroatoms. The summed E-state index contributed by atoms with van der Waals surface area (Å²) in [5.41, 5.74) is 1.07. The van der Waals surface area contributed by atoms with E-state index in [0.29, 0.717) is 19.8 Å². The maximum absolute atomic E-state index is 11.4. The number of sulfonamides is 1. The lowest BCUT2D eigenvalue weighted by Gasteiger charge is -2.17. The predicted octanol–water partition coefficient (Wildman–Crippen LogP) is 1.75. The number of fused-ring (bicyclic) bond motifs is 1. The second-order valence-corrected chi connectivity index (χ2v) is 8.87. The van der Waals surface area contributed by atoms with Crippen LogP contribution in [0.25, 0.3) is 9.40 Å². The molecule has 2 aromatic heterocycles. The summed E-state index contributed by atoms with van der Waals surface area (Å²) >= 11 is 2.75. The van der Waals surface area contributed by atoms with Gasteiger partial charge in [0.25, 0.3) is 0 Å². The molecule has 124 valence electrons. The molecular formula is C13H20N2O4S3. The molecule has 0 aliphatic rings. The highest BCUT2D eigenvalue weighted by Crippen LogP contribution is 2.35. The summed E-state index contributed by atoms with van der Waals surface area (Å²) in [4.78, 5) is 0. The van der Waals surface area contributed by atoms with Crippen LogP contribution in [0.15, 0.2) is 15.7 Å². The number of rotatable bonds is 9. The van der Waals surface area contributed by atoms with Gasteiger partial charge in [0.2, 0.25) is 10.0 Å². The first-order valence-electron chi connectivity index (χ1n) is 6.69. The third-order valence-corrected chi connectivity index (χ3v) is 6.95. The van der Waals surface area contributed by atoms with Crippen molar-refractivity contribution in [3.8, 4) is 0 Å². The van der Waals surface area contributed by atoms with Crippen molar-refractivity contribution in [3.63, 3.8) is 0 Å². The fourth-order valence-electron chi connectivity index (χ4n) is 2.09. The third kappa shape index (κ3) is 4.48. The van der Waals surface area contributed by atoms with Crippen LogP contribution in [0.2, 0.25) is 0 Å². The number of methoxy groups -OCH3 is 2. The topological polar surface area (TPSA) is 90.7 Å². The van der Waals surface area contributed by atoms with Gasteiger partial charge in [-0.2, -0.15) is 0 Å². The number of hydrogen-bond acceptors (Lipinski definition) is 7. The van der Waals surface area contributed by atoms with Crippen LogP contribution in [0.1, 0.15) is 12.0 Å². The number of nitrogens with two attached hydrogens (primary N) is 1. The van der Waals surface area contributed by atoms with Gasteiger partial charge in [0.05, 0.1) is 10.6 Å². The second kappa shape index (κ2) is 7.82. The SMILES string of the molecule is COCCC(COC)NCc1csc2sc(S(N)(=O)=O)cc12. The molecule has 1 unspecified atom stereocenters. The number of hydrogen-bond donors (Lipinski definition) is 2. The number of nitrogens with one attached hydrogen (secondary N) is 1. The minimum atomic E-state index is -3.63. The van der Waals surface area contributed by atoms with Gasteiger partial charge in [0, 0.05) is 38.8 Å². The Hall–Kier alpha value is -0.550. The van der Waals surface area contributed by atoms with E-state index >= 15 is 0 Å². The zero-order valence-electron chi connectivity index (χ0n) is 12.5. The van der Waals surface area contributed by atoms with Crippen LogP contribution in [0, 0.1) is 0 Å². The molecule has 0 aromatic carbocycles. The van der Waals surface area contributed by atoms with Gasteiger partial charge in [0.1, 0.15) is 4.21 Å². The summed E-state index contributed by atoms with van der Waals surface area (Å²) < 4.78 is 34.3. The fraction of sp³-hybridized carbons (Fsp3) is 0.538. The summed E-state index contributed by atoms with van der Waals surface area (Å²) in [6.07, 6.45) is 0.851. The standard InChI is InChI=1S/C13H20N2O4S3/c1-18-4-3-10(7-19-2)15-6-9-8-20-13-11(9)5-12(21-13)22(14,16)17/h5,8,10,15H,3-4,6-7H2,1-2H3,(H2,14,16,17). The maximum Gasteiger partial charge on any atom is 0.247 e. The largest absolute Gasteiger partial charge is 0.385 e. The van der Waals surface area contributed by atoms with Crippen LogP contribution in [0.5, 0.6) is 0 Å². The van der Waals surface area contributed by atoms with Crippen molar-refractivity contribution in [1.82, 2.24) is 5.32 Å². The van der Waals surface area contributed by atoms with Gasteiger partial charge >= 0.3 is 0 Å². The van der Waals surface area contributed by atoms with E-state index in [2.05, 4.69) is 5.32 Å². The van der Waals surface area contributed by atoms with Gasteiger partial charge in [-0.1, -0.05) is 0 Å². The average Bonchev–Trinajstić information content (AvgIpc) is 3.02. The minimum absolute atomic E-state index is 0.191. The zero-order chi connectivity index (χ0) is 16.2. The Bertz CT molecular complexity index is 708. The predicted molar refractivity (Wildman–Crippen MR) is 90.1 cm³/mol. The first-order chi connectivity index (χ1) is 10.5. The van der Waals surface area contributed by atoms with E-state index in [1.807, 2.05) is 5.38 Å². The van der Waals surface area contributed by atoms with Crippen LogP contribution in [-0.2, 0) is 26.0 Å². The van der Waals surface area contributed by atoms with E-state index in [1.165, 1.54) is 22.7 Å². The Morgan fingerprint density at radius 2 is 2.14 bits per heavy atom. The molecule has 2 heterocycles. The number of primary sulfonamides is 1. The molecule has 0 aliphatic carbocycles. The Kier molecular flexibility index (Phi) is 6.33. The molecule has 0 bridgehead atoms. The quantitative estimate of drug-likeness (QED) is 0.707. The molecule has 1 atom stereocenters. The Labute approximate surface area is 138 Å². The summed E-state index contributed by atoms with van der Waals surface area (Å²) in [7, 11) is -0.294. The average molecular weight is 365 g/mol.